The molecule has 0 aliphatic heterocycles. The van der Waals surface area contributed by atoms with Gasteiger partial charge < -0.3 is 16.8 Å². The molecule has 0 saturated heterocycles. The molecule has 0 heterocycles. The Bertz CT molecular complexity index is 950. The molecule has 2 aromatic rings. The summed E-state index contributed by atoms with van der Waals surface area (Å²) in [5, 5.41) is 3.51. The van der Waals surface area contributed by atoms with Crippen molar-refractivity contribution in [2.45, 2.75) is 72.6 Å². The van der Waals surface area contributed by atoms with Crippen molar-refractivity contribution in [3.63, 3.8) is 0 Å². The van der Waals surface area contributed by atoms with E-state index in [1.165, 1.54) is 36.8 Å². The second-order valence-electron chi connectivity index (χ2n) is 8.41. The fourth-order valence-corrected chi connectivity index (χ4v) is 3.60. The molecule has 5 N–H and O–H groups in total. The Morgan fingerprint density at radius 2 is 1.61 bits per heavy atom. The lowest BCUT2D eigenvalue weighted by Crippen LogP contribution is -2.03. The largest absolute Gasteiger partial charge is 0.404 e. The van der Waals surface area contributed by atoms with Gasteiger partial charge in [0.15, 0.2) is 0 Å². The first-order valence-electron chi connectivity index (χ1n) is 12.3. The number of anilines is 3. The fourth-order valence-electron chi connectivity index (χ4n) is 3.60. The van der Waals surface area contributed by atoms with Gasteiger partial charge >= 0.3 is 0 Å². The predicted molar refractivity (Wildman–Crippen MR) is 146 cm³/mol. The highest BCUT2D eigenvalue weighted by Crippen LogP contribution is 2.29. The van der Waals surface area contributed by atoms with Crippen molar-refractivity contribution in [2.24, 2.45) is 15.7 Å². The van der Waals surface area contributed by atoms with Crippen LogP contribution in [0.5, 0.6) is 0 Å². The Kier molecular flexibility index (Phi) is 11.2. The van der Waals surface area contributed by atoms with Crippen LogP contribution in [0.15, 0.2) is 58.2 Å². The molecule has 0 aromatic heterocycles. The quantitative estimate of drug-likeness (QED) is 0.174. The standard InChI is InChI=1S/C28H41N5/c1-5-8-9-10-11-14-31-20-24(19-29)21(4)32-28-18-25(12-13-27(28)30)33-26-16-22(6-2)15-23(7-3)17-26/h12-13,15-20,33H,5-11,14,29-30H2,1-4H3. The molecule has 0 bridgehead atoms. The minimum Gasteiger partial charge on any atom is -0.404 e. The van der Waals surface area contributed by atoms with Crippen molar-refractivity contribution >= 4 is 34.7 Å². The monoisotopic (exact) mass is 447 g/mol. The van der Waals surface area contributed by atoms with Crippen LogP contribution in [0.3, 0.4) is 0 Å². The third kappa shape index (κ3) is 8.76. The minimum atomic E-state index is 0.626. The molecular formula is C28H41N5. The Balaban J connectivity index is 2.12. The molecular weight excluding hydrogens is 406 g/mol. The van der Waals surface area contributed by atoms with Crippen LogP contribution in [0.4, 0.5) is 22.7 Å². The number of nitrogens with two attached hydrogens (primary N) is 2. The Morgan fingerprint density at radius 3 is 2.24 bits per heavy atom. The summed E-state index contributed by atoms with van der Waals surface area (Å²) < 4.78 is 0. The molecule has 178 valence electrons. The number of hydrogen-bond donors (Lipinski definition) is 3. The van der Waals surface area contributed by atoms with Crippen LogP contribution in [-0.4, -0.2) is 18.5 Å². The van der Waals surface area contributed by atoms with Gasteiger partial charge in [0.1, 0.15) is 0 Å². The SMILES string of the molecule is CCCCCCCN=CC(=CN)C(C)=Nc1cc(Nc2cc(CC)cc(CC)c2)ccc1N. The first-order valence-corrected chi connectivity index (χ1v) is 12.3. The van der Waals surface area contributed by atoms with Crippen molar-refractivity contribution in [2.75, 3.05) is 17.6 Å². The number of hydrogen-bond acceptors (Lipinski definition) is 5. The summed E-state index contributed by atoms with van der Waals surface area (Å²) >= 11 is 0. The molecule has 5 nitrogen and oxygen atoms in total. The van der Waals surface area contributed by atoms with Gasteiger partial charge in [0.2, 0.25) is 0 Å². The number of rotatable bonds is 13. The van der Waals surface area contributed by atoms with Crippen LogP contribution in [0.25, 0.3) is 0 Å². The van der Waals surface area contributed by atoms with E-state index in [0.29, 0.717) is 11.4 Å². The number of nitrogen functional groups attached to an aromatic ring is 1. The van der Waals surface area contributed by atoms with Gasteiger partial charge in [-0.3, -0.25) is 9.98 Å². The van der Waals surface area contributed by atoms with Crippen LogP contribution >= 0.6 is 0 Å². The van der Waals surface area contributed by atoms with Gasteiger partial charge in [-0.2, -0.15) is 0 Å². The van der Waals surface area contributed by atoms with E-state index in [0.717, 1.165) is 48.5 Å². The van der Waals surface area contributed by atoms with Crippen molar-refractivity contribution in [1.82, 2.24) is 0 Å². The lowest BCUT2D eigenvalue weighted by molar-refractivity contribution is 0.639. The Morgan fingerprint density at radius 1 is 0.909 bits per heavy atom. The molecule has 0 radical (unpaired) electrons. The zero-order valence-corrected chi connectivity index (χ0v) is 20.8. The van der Waals surface area contributed by atoms with Gasteiger partial charge in [-0.1, -0.05) is 52.5 Å². The summed E-state index contributed by atoms with van der Waals surface area (Å²) in [7, 11) is 0. The second-order valence-corrected chi connectivity index (χ2v) is 8.41. The number of benzene rings is 2. The highest BCUT2D eigenvalue weighted by molar-refractivity contribution is 6.16. The summed E-state index contributed by atoms with van der Waals surface area (Å²) in [5.74, 6) is 0. The van der Waals surface area contributed by atoms with Crippen molar-refractivity contribution < 1.29 is 0 Å². The molecule has 0 unspecified atom stereocenters. The molecule has 33 heavy (non-hydrogen) atoms. The minimum absolute atomic E-state index is 0.626. The average Bonchev–Trinajstić information content (AvgIpc) is 2.82. The number of aryl methyl sites for hydroxylation is 2. The summed E-state index contributed by atoms with van der Waals surface area (Å²) in [4.78, 5) is 9.28. The highest BCUT2D eigenvalue weighted by Gasteiger charge is 2.06. The second kappa shape index (κ2) is 14.1. The molecule has 0 saturated carbocycles. The van der Waals surface area contributed by atoms with Gasteiger partial charge in [-0.25, -0.2) is 0 Å². The Labute approximate surface area is 200 Å². The lowest BCUT2D eigenvalue weighted by Gasteiger charge is -2.12. The zero-order valence-electron chi connectivity index (χ0n) is 20.8. The summed E-state index contributed by atoms with van der Waals surface area (Å²) in [6, 6.07) is 12.5. The maximum absolute atomic E-state index is 6.22. The van der Waals surface area contributed by atoms with Crippen LogP contribution < -0.4 is 16.8 Å². The van der Waals surface area contributed by atoms with Crippen molar-refractivity contribution in [3.8, 4) is 0 Å². The maximum atomic E-state index is 6.22. The van der Waals surface area contributed by atoms with Crippen molar-refractivity contribution in [3.05, 3.63) is 59.3 Å². The first-order chi connectivity index (χ1) is 16.0. The normalized spacial score (nSPS) is 12.5. The van der Waals surface area contributed by atoms with E-state index >= 15 is 0 Å². The number of aliphatic imine (C=N–C) groups is 2. The molecule has 2 aromatic carbocycles. The molecule has 0 fully saturated rings. The van der Waals surface area contributed by atoms with Crippen LogP contribution in [-0.2, 0) is 12.8 Å². The van der Waals surface area contributed by atoms with Gasteiger partial charge in [-0.15, -0.1) is 0 Å². The third-order valence-corrected chi connectivity index (χ3v) is 5.69. The summed E-state index contributed by atoms with van der Waals surface area (Å²) in [6.07, 6.45) is 11.5. The van der Waals surface area contributed by atoms with Crippen LogP contribution in [0, 0.1) is 0 Å². The predicted octanol–water partition coefficient (Wildman–Crippen LogP) is 7.11. The van der Waals surface area contributed by atoms with E-state index < -0.39 is 0 Å². The molecule has 0 amide bonds. The molecule has 2 rings (SSSR count). The first kappa shape index (κ1) is 26.2. The summed E-state index contributed by atoms with van der Waals surface area (Å²) in [6.45, 7) is 9.32. The topological polar surface area (TPSA) is 88.8 Å². The molecule has 0 aliphatic carbocycles. The van der Waals surface area contributed by atoms with E-state index in [1.54, 1.807) is 6.20 Å². The van der Waals surface area contributed by atoms with Crippen molar-refractivity contribution in [1.29, 1.82) is 0 Å². The van der Waals surface area contributed by atoms with E-state index in [1.807, 2.05) is 31.3 Å². The third-order valence-electron chi connectivity index (χ3n) is 5.69. The van der Waals surface area contributed by atoms with E-state index in [4.69, 9.17) is 16.5 Å². The Hall–Kier alpha value is -3.08. The number of nitrogens with zero attached hydrogens (tertiary/aromatic N) is 2. The summed E-state index contributed by atoms with van der Waals surface area (Å²) in [5.41, 5.74) is 19.7. The average molecular weight is 448 g/mol. The van der Waals surface area contributed by atoms with Gasteiger partial charge in [0.25, 0.3) is 0 Å². The van der Waals surface area contributed by atoms with Gasteiger partial charge in [-0.05, 0) is 67.6 Å². The molecule has 0 aliphatic rings. The van der Waals surface area contributed by atoms with Crippen LogP contribution in [0.2, 0.25) is 0 Å². The molecule has 0 spiro atoms. The maximum Gasteiger partial charge on any atom is 0.0883 e. The lowest BCUT2D eigenvalue weighted by atomic mass is 10.1. The van der Waals surface area contributed by atoms with Crippen LogP contribution in [0.1, 0.15) is 70.9 Å². The number of allylic oxidation sites excluding steroid dienone is 1. The van der Waals surface area contributed by atoms with Gasteiger partial charge in [0, 0.05) is 41.6 Å². The zero-order chi connectivity index (χ0) is 24.1. The molecule has 5 heteroatoms. The van der Waals surface area contributed by atoms with E-state index in [9.17, 15) is 0 Å². The smallest absolute Gasteiger partial charge is 0.0883 e. The number of nitrogens with one attached hydrogen (secondary N) is 1. The molecule has 0 atom stereocenters. The number of unbranched alkanes of at least 4 members (excludes halogenated alkanes) is 4. The van der Waals surface area contributed by atoms with E-state index in [-0.39, 0.29) is 0 Å². The fraction of sp³-hybridized carbons (Fsp3) is 0.429. The van der Waals surface area contributed by atoms with Gasteiger partial charge in [0.05, 0.1) is 11.4 Å². The highest BCUT2D eigenvalue weighted by atomic mass is 14.9. The van der Waals surface area contributed by atoms with E-state index in [2.05, 4.69) is 49.3 Å².